The molecule has 2 aromatic heterocycles. The van der Waals surface area contributed by atoms with Gasteiger partial charge < -0.3 is 129 Å². The van der Waals surface area contributed by atoms with Crippen LogP contribution in [0.1, 0.15) is 293 Å². The number of aromatic nitrogens is 4. The van der Waals surface area contributed by atoms with E-state index in [2.05, 4.69) is 101 Å². The molecular weight excluding hydrogens is 1800 g/mol. The molecule has 4 heterocycles. The average molecular weight is 1960 g/mol. The Hall–Kier alpha value is -11.9. The number of hydrogen-bond acceptors (Lipinski definition) is 23. The van der Waals surface area contributed by atoms with Crippen LogP contribution in [-0.4, -0.2) is 270 Å². The van der Waals surface area contributed by atoms with E-state index in [1.54, 1.807) is 27.7 Å². The molecule has 2 aliphatic rings. The van der Waals surface area contributed by atoms with Crippen molar-refractivity contribution in [1.29, 1.82) is 0 Å². The maximum absolute atomic E-state index is 15.2. The zero-order valence-corrected chi connectivity index (χ0v) is 83.5. The predicted octanol–water partition coefficient (Wildman–Crippen LogP) is -0.270. The van der Waals surface area contributed by atoms with Crippen LogP contribution < -0.4 is 104 Å². The fourth-order valence-electron chi connectivity index (χ4n) is 16.6. The number of carbonyl (C=O) groups excluding carboxylic acids is 17. The van der Waals surface area contributed by atoms with E-state index < -0.39 is 203 Å². The van der Waals surface area contributed by atoms with E-state index in [1.807, 2.05) is 13.8 Å². The van der Waals surface area contributed by atoms with Crippen molar-refractivity contribution in [3.8, 4) is 0 Å². The number of nitrogens with two attached hydrogens (primary N) is 7. The summed E-state index contributed by atoms with van der Waals surface area (Å²) in [4.78, 5) is 264. The van der Waals surface area contributed by atoms with Crippen LogP contribution in [0.3, 0.4) is 0 Å². The zero-order chi connectivity index (χ0) is 103. The molecule has 29 N–H and O–H groups in total. The van der Waals surface area contributed by atoms with Crippen molar-refractivity contribution in [2.75, 3.05) is 32.7 Å². The van der Waals surface area contributed by atoms with E-state index in [-0.39, 0.29) is 152 Å². The molecular formula is C94H163N27O18. The van der Waals surface area contributed by atoms with E-state index >= 15 is 4.79 Å². The first-order valence-corrected chi connectivity index (χ1v) is 49.7. The number of amides is 16. The van der Waals surface area contributed by atoms with E-state index in [9.17, 15) is 81.8 Å². The number of aliphatic hydroxyl groups excluding tert-OH is 1. The molecule has 0 aliphatic carbocycles. The Bertz CT molecular complexity index is 4270. The molecule has 16 amide bonds. The Morgan fingerprint density at radius 1 is 0.417 bits per heavy atom. The summed E-state index contributed by atoms with van der Waals surface area (Å²) >= 11 is 0. The standard InChI is InChI=1S/C94H163N27O18/c1-12-13-14-15-16-17-18-19-20-21-22-23-24-25-26-38-77(125)108-59(9)80(127)111-66(34-29-42-104-93(98)99)85(132)118-71(47-56(4)5)91(138)120-44-31-36-73(120)89(136)114-67(35-30-43-105-94(100)101)86(133)119-78(61(11)122)90(137)115-69(46-55(2)3)75(123)50-64(57(6)7)82(129)117-72(49-63-52-103-54-107-63)92(139)121-45-32-37-74(121)88(135)113-65(33-27-28-41-95)84(131)116-70(48-62-51-102-53-106-62)87(134)110-60(10)81(128)112-68(39-40-76(96)124)83(130)109-58(8)79(97)126/h51-61,64-74,78,122H,12-50,95H2,1-11H3,(H2,96,124)(H2,97,126)(H,102,106)(H,103,107)(H,108,125)(H,109,130)(H,110,134)(H,111,127)(H,112,128)(H,113,135)(H,114,136)(H,115,137)(H,116,131)(H,117,129)(H,118,132)(H,119,133)(H4,98,99,104)(H4,100,101,105)/t58-,59-,60-,61+,64-,65-,66-,67-,68-,69-,70-,71-,72-,73-,74-,78-/m0/s1. The van der Waals surface area contributed by atoms with Crippen LogP contribution in [0.2, 0.25) is 0 Å². The first kappa shape index (κ1) is 119. The summed E-state index contributed by atoms with van der Waals surface area (Å²) in [5.74, 6) is -16.0. The van der Waals surface area contributed by atoms with Gasteiger partial charge in [-0.3, -0.25) is 91.5 Å². The van der Waals surface area contributed by atoms with Gasteiger partial charge in [-0.15, -0.1) is 0 Å². The number of likely N-dealkylation sites (tertiary alicyclic amines) is 2. The highest BCUT2D eigenvalue weighted by Crippen LogP contribution is 2.26. The van der Waals surface area contributed by atoms with Gasteiger partial charge in [0.15, 0.2) is 17.7 Å². The molecule has 2 saturated heterocycles. The predicted molar refractivity (Wildman–Crippen MR) is 523 cm³/mol. The molecule has 2 aliphatic heterocycles. The summed E-state index contributed by atoms with van der Waals surface area (Å²) in [6.07, 6.45) is 21.8. The molecule has 0 radical (unpaired) electrons. The number of nitrogens with zero attached hydrogens (tertiary/aromatic N) is 6. The quantitative estimate of drug-likeness (QED) is 0.0230. The van der Waals surface area contributed by atoms with Gasteiger partial charge in [-0.1, -0.05) is 138 Å². The second kappa shape index (κ2) is 64.3. The van der Waals surface area contributed by atoms with Gasteiger partial charge in [0, 0.05) is 88.0 Å². The van der Waals surface area contributed by atoms with Gasteiger partial charge in [-0.05, 0) is 148 Å². The number of imidazole rings is 2. The molecule has 0 unspecified atom stereocenters. The summed E-state index contributed by atoms with van der Waals surface area (Å²) in [5.41, 5.74) is 39.8. The van der Waals surface area contributed by atoms with Gasteiger partial charge in [0.1, 0.15) is 78.5 Å². The highest BCUT2D eigenvalue weighted by Gasteiger charge is 2.45. The summed E-state index contributed by atoms with van der Waals surface area (Å²) in [6, 6.07) is -18.8. The minimum absolute atomic E-state index is 0.0106. The van der Waals surface area contributed by atoms with Crippen molar-refractivity contribution in [2.24, 2.45) is 73.8 Å². The molecule has 0 saturated carbocycles. The van der Waals surface area contributed by atoms with Gasteiger partial charge in [0.2, 0.25) is 94.5 Å². The maximum atomic E-state index is 15.2. The van der Waals surface area contributed by atoms with Crippen LogP contribution in [0.5, 0.6) is 0 Å². The number of aliphatic imine (C=N–C) groups is 2. The van der Waals surface area contributed by atoms with Gasteiger partial charge >= 0.3 is 0 Å². The Morgan fingerprint density at radius 2 is 0.813 bits per heavy atom. The van der Waals surface area contributed by atoms with Crippen molar-refractivity contribution in [3.63, 3.8) is 0 Å². The number of hydrogen-bond donors (Lipinski definition) is 22. The van der Waals surface area contributed by atoms with Crippen molar-refractivity contribution in [3.05, 3.63) is 36.4 Å². The molecule has 45 nitrogen and oxygen atoms in total. The Morgan fingerprint density at radius 3 is 1.26 bits per heavy atom. The highest BCUT2D eigenvalue weighted by molar-refractivity contribution is 6.01. The Kier molecular flexibility index (Phi) is 55.3. The number of guanidine groups is 2. The van der Waals surface area contributed by atoms with Crippen molar-refractivity contribution >= 4 is 112 Å². The van der Waals surface area contributed by atoms with Crippen LogP contribution in [-0.2, 0) is 94.3 Å². The molecule has 139 heavy (non-hydrogen) atoms. The molecule has 4 rings (SSSR count). The largest absolute Gasteiger partial charge is 0.391 e. The average Bonchev–Trinajstić information content (AvgIpc) is 1.70. The fraction of sp³-hybridized carbons (Fsp3) is 0.734. The minimum atomic E-state index is -1.79. The number of primary amides is 2. The normalized spacial score (nSPS) is 16.6. The van der Waals surface area contributed by atoms with Crippen LogP contribution in [0.15, 0.2) is 35.0 Å². The lowest BCUT2D eigenvalue weighted by Crippen LogP contribution is -2.61. The number of carbonyl (C=O) groups is 17. The van der Waals surface area contributed by atoms with Crippen LogP contribution >= 0.6 is 0 Å². The molecule has 45 heteroatoms. The second-order valence-electron chi connectivity index (χ2n) is 38.0. The van der Waals surface area contributed by atoms with Crippen molar-refractivity contribution < 1.29 is 86.6 Å². The lowest BCUT2D eigenvalue weighted by Gasteiger charge is -2.32. The number of nitrogens with one attached hydrogen (secondary N) is 14. The summed E-state index contributed by atoms with van der Waals surface area (Å²) in [7, 11) is 0. The van der Waals surface area contributed by atoms with E-state index in [4.69, 9.17) is 40.1 Å². The first-order valence-electron chi connectivity index (χ1n) is 49.7. The number of ketones is 1. The zero-order valence-electron chi connectivity index (χ0n) is 83.5. The summed E-state index contributed by atoms with van der Waals surface area (Å²) < 4.78 is 0. The minimum Gasteiger partial charge on any atom is -0.391 e. The molecule has 782 valence electrons. The number of Topliss-reactive ketones (excluding diaryl/α,β-unsaturated/α-hetero) is 1. The topological polar surface area (TPSA) is 725 Å². The second-order valence-corrected chi connectivity index (χ2v) is 38.0. The lowest BCUT2D eigenvalue weighted by atomic mass is 9.86. The number of unbranched alkanes of at least 4 members (excludes halogenated alkanes) is 15. The maximum Gasteiger partial charge on any atom is 0.246 e. The fourth-order valence-corrected chi connectivity index (χ4v) is 16.6. The Labute approximate surface area is 816 Å². The molecule has 0 bridgehead atoms. The van der Waals surface area contributed by atoms with Crippen LogP contribution in [0, 0.1) is 23.7 Å². The lowest BCUT2D eigenvalue weighted by molar-refractivity contribution is -0.143. The third-order valence-corrected chi connectivity index (χ3v) is 24.6. The number of aromatic amines is 2. The summed E-state index contributed by atoms with van der Waals surface area (Å²) in [5, 5.41) is 43.3. The number of rotatable bonds is 70. The third-order valence-electron chi connectivity index (χ3n) is 24.6. The van der Waals surface area contributed by atoms with Crippen LogP contribution in [0.4, 0.5) is 0 Å². The number of aliphatic hydroxyl groups is 1. The summed E-state index contributed by atoms with van der Waals surface area (Å²) in [6.45, 7) is 18.4. The highest BCUT2D eigenvalue weighted by atomic mass is 16.3. The van der Waals surface area contributed by atoms with E-state index in [1.165, 1.54) is 127 Å². The van der Waals surface area contributed by atoms with Crippen molar-refractivity contribution in [1.82, 2.24) is 93.5 Å². The van der Waals surface area contributed by atoms with Gasteiger partial charge in [0.05, 0.1) is 24.8 Å². The SMILES string of the molecule is CCCCCCCCCCCCCCCCCC(=O)N[C@@H](C)C(=O)N[C@@H](CCCN=C(N)N)C(=O)N[C@@H](CC(C)C)C(=O)N1CCC[C@H]1C(=O)N[C@@H](CCCN=C(N)N)C(=O)N[C@H](C(=O)N[C@@H](CC(C)C)C(=O)C[C@H](C(=O)N[C@@H](Cc1cnc[nH]1)C(=O)N1CCC[C@H]1C(=O)N[C@@H](CCCCN)C(=O)N[C@@H](Cc1cnc[nH]1)C(=O)N[C@@H](C)C(=O)N[C@@H](CCC(N)=O)C(=O)N[C@@H](C)C(N)=O)C(C)C)[C@@H](C)O. The monoisotopic (exact) mass is 1960 g/mol. The van der Waals surface area contributed by atoms with Gasteiger partial charge in [0.25, 0.3) is 0 Å². The first-order chi connectivity index (χ1) is 66.0. The molecule has 2 aromatic rings. The molecule has 2 fully saturated rings. The molecule has 0 spiro atoms. The smallest absolute Gasteiger partial charge is 0.246 e. The van der Waals surface area contributed by atoms with Gasteiger partial charge in [-0.25, -0.2) is 9.97 Å². The molecule has 0 aromatic carbocycles. The van der Waals surface area contributed by atoms with Crippen LogP contribution in [0.25, 0.3) is 0 Å². The van der Waals surface area contributed by atoms with E-state index in [0.717, 1.165) is 25.7 Å². The molecule has 16 atom stereocenters. The Balaban J connectivity index is 1.52. The van der Waals surface area contributed by atoms with E-state index in [0.29, 0.717) is 43.5 Å². The van der Waals surface area contributed by atoms with Crippen molar-refractivity contribution in [2.45, 2.75) is 385 Å². The third kappa shape index (κ3) is 45.3. The van der Waals surface area contributed by atoms with Gasteiger partial charge in [-0.2, -0.15) is 0 Å². The number of H-pyrrole nitrogens is 2.